The lowest BCUT2D eigenvalue weighted by Crippen LogP contribution is -2.42. The van der Waals surface area contributed by atoms with Crippen LogP contribution in [0.4, 0.5) is 11.4 Å². The highest BCUT2D eigenvalue weighted by molar-refractivity contribution is 14.1. The van der Waals surface area contributed by atoms with Crippen LogP contribution in [0.3, 0.4) is 0 Å². The average molecular weight is 1030 g/mol. The largest absolute Gasteiger partial charge is 0.325 e. The molecule has 5 nitrogen and oxygen atoms in total. The first kappa shape index (κ1) is 41.1. The summed E-state index contributed by atoms with van der Waals surface area (Å²) < 4.78 is 7.57. The first-order valence-electron chi connectivity index (χ1n) is 25.2. The van der Waals surface area contributed by atoms with Gasteiger partial charge in [0.2, 0.25) is 0 Å². The summed E-state index contributed by atoms with van der Waals surface area (Å²) in [4.78, 5) is 7.92. The van der Waals surface area contributed by atoms with Crippen molar-refractivity contribution in [3.63, 3.8) is 0 Å². The predicted octanol–water partition coefficient (Wildman–Crippen LogP) is 17.5. The van der Waals surface area contributed by atoms with Crippen molar-refractivity contribution in [1.29, 1.82) is 0 Å². The number of fused-ring (bicyclic) bond motifs is 14. The Labute approximate surface area is 426 Å². The number of aryl methyl sites for hydroxylation is 1. The Morgan fingerprint density at radius 2 is 1.13 bits per heavy atom. The number of halogens is 1. The monoisotopic (exact) mass is 1030 g/mol. The van der Waals surface area contributed by atoms with Crippen LogP contribution in [0.15, 0.2) is 206 Å². The number of anilines is 2. The standard InChI is InChI=1S/C65H48IN5/c66-65-39-14-13-29-53(65)50-36-38-60-62(64(50)71(65)44-21-5-2-6-22-44)52-28-9-12-34-58(52)69(60)46-24-16-25-47(41-46)70-56-32-10-7-26-48(56)49-35-37-59-61(63(49)70)51-27-8-11-33-57(51)68(59)45-23-15-20-43(40-45)55-31-17-30-54(67-55)42-18-3-1-4-19-42/h1-8,10-12,15-27,30-38,40-41,53H,9,13-14,28-29,39H2. The second-order valence-electron chi connectivity index (χ2n) is 19.7. The quantitative estimate of drug-likeness (QED) is 0.0944. The number of aromatic nitrogens is 4. The van der Waals surface area contributed by atoms with Crippen molar-refractivity contribution in [3.05, 3.63) is 223 Å². The third-order valence-corrected chi connectivity index (χ3v) is 17.7. The van der Waals surface area contributed by atoms with Gasteiger partial charge in [-0.15, -0.1) is 0 Å². The normalized spacial score (nSPS) is 17.4. The Hall–Kier alpha value is -7.68. The first-order valence-corrected chi connectivity index (χ1v) is 26.3. The van der Waals surface area contributed by atoms with Crippen molar-refractivity contribution >= 4 is 94.6 Å². The molecular weight excluding hydrogens is 978 g/mol. The molecule has 5 heterocycles. The van der Waals surface area contributed by atoms with E-state index in [0.717, 1.165) is 46.7 Å². The van der Waals surface area contributed by atoms with Gasteiger partial charge in [0, 0.05) is 72.4 Å². The second kappa shape index (κ2) is 15.9. The van der Waals surface area contributed by atoms with Crippen molar-refractivity contribution in [2.24, 2.45) is 0 Å². The molecule has 1 fully saturated rings. The molecule has 340 valence electrons. The van der Waals surface area contributed by atoms with Gasteiger partial charge in [-0.05, 0) is 122 Å². The van der Waals surface area contributed by atoms with E-state index in [4.69, 9.17) is 4.98 Å². The van der Waals surface area contributed by atoms with Gasteiger partial charge in [-0.2, -0.15) is 0 Å². The van der Waals surface area contributed by atoms with Crippen LogP contribution in [-0.4, -0.2) is 22.2 Å². The van der Waals surface area contributed by atoms with Crippen LogP contribution < -0.4 is 4.90 Å². The van der Waals surface area contributed by atoms with Crippen molar-refractivity contribution in [3.8, 4) is 39.6 Å². The molecule has 71 heavy (non-hydrogen) atoms. The maximum absolute atomic E-state index is 5.17. The molecule has 6 heteroatoms. The van der Waals surface area contributed by atoms with Crippen LogP contribution in [0.2, 0.25) is 0 Å². The third kappa shape index (κ3) is 6.07. The van der Waals surface area contributed by atoms with Crippen LogP contribution in [0.5, 0.6) is 0 Å². The molecule has 0 spiro atoms. The molecule has 0 saturated heterocycles. The highest BCUT2D eigenvalue weighted by atomic mass is 127. The lowest BCUT2D eigenvalue weighted by Gasteiger charge is -2.42. The molecule has 2 atom stereocenters. The molecular formula is C65H48IN5. The van der Waals surface area contributed by atoms with Gasteiger partial charge in [-0.1, -0.05) is 163 Å². The van der Waals surface area contributed by atoms with Crippen LogP contribution in [0.25, 0.3) is 100 Å². The van der Waals surface area contributed by atoms with Crippen LogP contribution in [0.1, 0.15) is 54.8 Å². The van der Waals surface area contributed by atoms with E-state index in [9.17, 15) is 0 Å². The molecule has 0 N–H and O–H groups in total. The van der Waals surface area contributed by atoms with Crippen molar-refractivity contribution < 1.29 is 0 Å². The topological polar surface area (TPSA) is 30.9 Å². The summed E-state index contributed by atoms with van der Waals surface area (Å²) in [6.45, 7) is 0. The number of nitrogens with zero attached hydrogens (tertiary/aromatic N) is 5. The minimum Gasteiger partial charge on any atom is -0.325 e. The number of alkyl halides is 1. The third-order valence-electron chi connectivity index (χ3n) is 15.9. The molecule has 2 unspecified atom stereocenters. The van der Waals surface area contributed by atoms with Crippen molar-refractivity contribution in [2.45, 2.75) is 48.0 Å². The Morgan fingerprint density at radius 3 is 1.96 bits per heavy atom. The van der Waals surface area contributed by atoms with Crippen LogP contribution >= 0.6 is 22.6 Å². The Balaban J connectivity index is 0.939. The van der Waals surface area contributed by atoms with E-state index in [0.29, 0.717) is 5.92 Å². The SMILES string of the molecule is IC12CCCCC1c1ccc3c(c4c(n3-c3cccc(-n5c6ccccc6c6ccc7c(c8ccccc8n7-c7cccc(-c8cccc(-c9ccccc9)n8)c7)c65)c3)C=CCC4)c1N2c1ccccc1. The molecule has 0 amide bonds. The maximum atomic E-state index is 5.17. The Kier molecular flexibility index (Phi) is 9.22. The van der Waals surface area contributed by atoms with Crippen molar-refractivity contribution in [1.82, 2.24) is 18.7 Å². The fourth-order valence-corrected chi connectivity index (χ4v) is 14.6. The van der Waals surface area contributed by atoms with Crippen molar-refractivity contribution in [2.75, 3.05) is 4.90 Å². The number of para-hydroxylation sites is 3. The molecule has 4 aromatic heterocycles. The first-order chi connectivity index (χ1) is 35.1. The van der Waals surface area contributed by atoms with Gasteiger partial charge in [0.05, 0.1) is 44.7 Å². The minimum atomic E-state index is 0.00682. The van der Waals surface area contributed by atoms with E-state index in [1.54, 1.807) is 0 Å². The molecule has 0 radical (unpaired) electrons. The van der Waals surface area contributed by atoms with Gasteiger partial charge in [-0.3, -0.25) is 0 Å². The number of hydrogen-bond acceptors (Lipinski definition) is 2. The zero-order valence-electron chi connectivity index (χ0n) is 39.1. The number of allylic oxidation sites excluding steroid dienone is 1. The average Bonchev–Trinajstić information content (AvgIpc) is 4.15. The molecule has 1 saturated carbocycles. The van der Waals surface area contributed by atoms with E-state index < -0.39 is 0 Å². The summed E-state index contributed by atoms with van der Waals surface area (Å²) in [6, 6.07) is 73.7. The lowest BCUT2D eigenvalue weighted by molar-refractivity contribution is 0.387. The van der Waals surface area contributed by atoms with Gasteiger partial charge in [0.1, 0.15) is 3.55 Å². The van der Waals surface area contributed by atoms with Gasteiger partial charge in [-0.25, -0.2) is 4.98 Å². The molecule has 1 aliphatic heterocycles. The van der Waals surface area contributed by atoms with Crippen LogP contribution in [0, 0.1) is 0 Å². The highest BCUT2D eigenvalue weighted by Crippen LogP contribution is 2.63. The van der Waals surface area contributed by atoms with Gasteiger partial charge >= 0.3 is 0 Å². The van der Waals surface area contributed by atoms with Gasteiger partial charge < -0.3 is 18.6 Å². The van der Waals surface area contributed by atoms with E-state index in [1.807, 2.05) is 0 Å². The summed E-state index contributed by atoms with van der Waals surface area (Å²) in [6.07, 6.45) is 11.8. The molecule has 3 aliphatic rings. The van der Waals surface area contributed by atoms with E-state index in [-0.39, 0.29) is 3.55 Å². The lowest BCUT2D eigenvalue weighted by atomic mass is 9.82. The predicted molar refractivity (Wildman–Crippen MR) is 305 cm³/mol. The highest BCUT2D eigenvalue weighted by Gasteiger charge is 2.52. The van der Waals surface area contributed by atoms with E-state index in [2.05, 4.69) is 254 Å². The Morgan fingerprint density at radius 1 is 0.493 bits per heavy atom. The molecule has 0 bridgehead atoms. The van der Waals surface area contributed by atoms with E-state index >= 15 is 0 Å². The smallest absolute Gasteiger partial charge is 0.103 e. The Bertz CT molecular complexity index is 4160. The number of hydrogen-bond donors (Lipinski definition) is 0. The maximum Gasteiger partial charge on any atom is 0.103 e. The zero-order valence-corrected chi connectivity index (χ0v) is 41.3. The fourth-order valence-electron chi connectivity index (χ4n) is 13.0. The number of benzene rings is 8. The summed E-state index contributed by atoms with van der Waals surface area (Å²) in [5, 5.41) is 6.39. The molecule has 12 aromatic rings. The fraction of sp³-hybridized carbons (Fsp3) is 0.123. The minimum absolute atomic E-state index is 0.00682. The molecule has 8 aromatic carbocycles. The van der Waals surface area contributed by atoms with E-state index in [1.165, 1.54) is 114 Å². The molecule has 15 rings (SSSR count). The number of pyridine rings is 1. The second-order valence-corrected chi connectivity index (χ2v) is 21.6. The summed E-state index contributed by atoms with van der Waals surface area (Å²) in [5.74, 6) is 0.494. The van der Waals surface area contributed by atoms with Crippen LogP contribution in [-0.2, 0) is 6.42 Å². The molecule has 2 aliphatic carbocycles. The summed E-state index contributed by atoms with van der Waals surface area (Å²) >= 11 is 2.85. The van der Waals surface area contributed by atoms with Gasteiger partial charge in [0.15, 0.2) is 0 Å². The zero-order chi connectivity index (χ0) is 46.8. The van der Waals surface area contributed by atoms with Gasteiger partial charge in [0.25, 0.3) is 0 Å². The summed E-state index contributed by atoms with van der Waals surface area (Å²) in [7, 11) is 0. The number of rotatable bonds is 6. The summed E-state index contributed by atoms with van der Waals surface area (Å²) in [5.41, 5.74) is 20.6.